The first-order valence-electron chi connectivity index (χ1n) is 10.00. The molecule has 0 N–H and O–H groups in total. The van der Waals surface area contributed by atoms with Gasteiger partial charge in [0.25, 0.3) is 11.3 Å². The summed E-state index contributed by atoms with van der Waals surface area (Å²) >= 11 is 1.87. The van der Waals surface area contributed by atoms with Gasteiger partial charge >= 0.3 is 0 Å². The molecular formula is C19H24N8OS. The third-order valence-corrected chi connectivity index (χ3v) is 6.60. The van der Waals surface area contributed by atoms with Crippen LogP contribution < -0.4 is 10.5 Å². The highest BCUT2D eigenvalue weighted by molar-refractivity contribution is 7.98. The van der Waals surface area contributed by atoms with Crippen LogP contribution in [0.15, 0.2) is 23.3 Å². The summed E-state index contributed by atoms with van der Waals surface area (Å²) in [5.74, 6) is 3.68. The number of fused-ring (bicyclic) bond motifs is 2. The van der Waals surface area contributed by atoms with Crippen molar-refractivity contribution in [2.45, 2.75) is 25.6 Å². The normalized spacial score (nSPS) is 17.6. The largest absolute Gasteiger partial charge is 0.354 e. The zero-order valence-corrected chi connectivity index (χ0v) is 17.3. The Labute approximate surface area is 172 Å². The molecule has 0 aliphatic carbocycles. The van der Waals surface area contributed by atoms with E-state index in [1.807, 2.05) is 18.7 Å². The Morgan fingerprint density at radius 1 is 1.14 bits per heavy atom. The highest BCUT2D eigenvalue weighted by Gasteiger charge is 2.21. The Bertz CT molecular complexity index is 1090. The molecule has 10 heteroatoms. The fourth-order valence-corrected chi connectivity index (χ4v) is 4.94. The van der Waals surface area contributed by atoms with Crippen molar-refractivity contribution in [1.82, 2.24) is 34.3 Å². The van der Waals surface area contributed by atoms with Gasteiger partial charge in [-0.05, 0) is 18.2 Å². The van der Waals surface area contributed by atoms with E-state index < -0.39 is 0 Å². The first kappa shape index (κ1) is 18.6. The molecule has 5 heterocycles. The number of aryl methyl sites for hydroxylation is 2. The summed E-state index contributed by atoms with van der Waals surface area (Å²) in [5, 5.41) is 8.94. The predicted molar refractivity (Wildman–Crippen MR) is 113 cm³/mol. The predicted octanol–water partition coefficient (Wildman–Crippen LogP) is 0.601. The molecule has 0 radical (unpaired) electrons. The first-order valence-corrected chi connectivity index (χ1v) is 11.2. The summed E-state index contributed by atoms with van der Waals surface area (Å²) < 4.78 is 3.45. The van der Waals surface area contributed by atoms with E-state index in [1.165, 1.54) is 0 Å². The van der Waals surface area contributed by atoms with Crippen LogP contribution in [-0.4, -0.2) is 72.7 Å². The molecule has 1 saturated heterocycles. The fraction of sp³-hybridized carbons (Fsp3) is 0.526. The smallest absolute Gasteiger partial charge is 0.267 e. The van der Waals surface area contributed by atoms with Crippen molar-refractivity contribution in [3.63, 3.8) is 0 Å². The Morgan fingerprint density at radius 3 is 2.86 bits per heavy atom. The molecule has 0 aromatic carbocycles. The average Bonchev–Trinajstić information content (AvgIpc) is 3.20. The molecular weight excluding hydrogens is 388 g/mol. The van der Waals surface area contributed by atoms with E-state index in [9.17, 15) is 4.79 Å². The van der Waals surface area contributed by atoms with E-state index in [-0.39, 0.29) is 5.56 Å². The summed E-state index contributed by atoms with van der Waals surface area (Å²) in [7, 11) is 0. The van der Waals surface area contributed by atoms with Gasteiger partial charge in [0.2, 0.25) is 0 Å². The molecule has 5 rings (SSSR count). The number of rotatable bonds is 4. The third-order valence-electron chi connectivity index (χ3n) is 5.59. The molecule has 152 valence electrons. The van der Waals surface area contributed by atoms with E-state index in [0.717, 1.165) is 73.4 Å². The van der Waals surface area contributed by atoms with Crippen LogP contribution in [0.4, 0.5) is 5.82 Å². The molecule has 0 atom stereocenters. The van der Waals surface area contributed by atoms with Crippen molar-refractivity contribution in [2.75, 3.05) is 43.4 Å². The zero-order valence-electron chi connectivity index (χ0n) is 16.5. The molecule has 1 fully saturated rings. The van der Waals surface area contributed by atoms with Gasteiger partial charge in [0.1, 0.15) is 12.1 Å². The monoisotopic (exact) mass is 412 g/mol. The molecule has 0 saturated carbocycles. The van der Waals surface area contributed by atoms with Crippen LogP contribution in [-0.2, 0) is 18.7 Å². The maximum atomic E-state index is 12.4. The maximum Gasteiger partial charge on any atom is 0.267 e. The molecule has 2 aliphatic heterocycles. The highest BCUT2D eigenvalue weighted by atomic mass is 32.2. The SMILES string of the molecule is Cc1cc(N2CCN(CCn3nc4c(cc3=O)CSCC4)CC2)n2ncnc2n1. The van der Waals surface area contributed by atoms with Gasteiger partial charge in [-0.1, -0.05) is 0 Å². The summed E-state index contributed by atoms with van der Waals surface area (Å²) in [6, 6.07) is 3.84. The summed E-state index contributed by atoms with van der Waals surface area (Å²) in [4.78, 5) is 25.7. The lowest BCUT2D eigenvalue weighted by Crippen LogP contribution is -2.48. The van der Waals surface area contributed by atoms with Gasteiger partial charge < -0.3 is 4.90 Å². The van der Waals surface area contributed by atoms with E-state index in [2.05, 4.69) is 36.0 Å². The van der Waals surface area contributed by atoms with Crippen molar-refractivity contribution >= 4 is 23.4 Å². The number of piperazine rings is 1. The Morgan fingerprint density at radius 2 is 2.00 bits per heavy atom. The molecule has 29 heavy (non-hydrogen) atoms. The van der Waals surface area contributed by atoms with Crippen molar-refractivity contribution in [3.8, 4) is 0 Å². The minimum Gasteiger partial charge on any atom is -0.354 e. The Kier molecular flexibility index (Phi) is 4.96. The van der Waals surface area contributed by atoms with Crippen molar-refractivity contribution in [2.24, 2.45) is 0 Å². The van der Waals surface area contributed by atoms with Crippen LogP contribution in [0, 0.1) is 6.92 Å². The van der Waals surface area contributed by atoms with Gasteiger partial charge in [0, 0.05) is 62.7 Å². The molecule has 0 bridgehead atoms. The molecule has 2 aliphatic rings. The second-order valence-corrected chi connectivity index (χ2v) is 8.64. The third kappa shape index (κ3) is 3.74. The van der Waals surface area contributed by atoms with Crippen molar-refractivity contribution in [3.05, 3.63) is 45.8 Å². The first-order chi connectivity index (χ1) is 14.2. The number of nitrogens with zero attached hydrogens (tertiary/aromatic N) is 8. The van der Waals surface area contributed by atoms with Crippen LogP contribution in [0.1, 0.15) is 17.0 Å². The van der Waals surface area contributed by atoms with Crippen LogP contribution in [0.2, 0.25) is 0 Å². The maximum absolute atomic E-state index is 12.4. The molecule has 9 nitrogen and oxygen atoms in total. The molecule has 3 aromatic rings. The fourth-order valence-electron chi connectivity index (χ4n) is 3.99. The topological polar surface area (TPSA) is 84.5 Å². The lowest BCUT2D eigenvalue weighted by atomic mass is 10.2. The minimum absolute atomic E-state index is 0.0192. The molecule has 0 unspecified atom stereocenters. The lowest BCUT2D eigenvalue weighted by Gasteiger charge is -2.35. The number of thioether (sulfide) groups is 1. The lowest BCUT2D eigenvalue weighted by molar-refractivity contribution is 0.241. The second-order valence-electron chi connectivity index (χ2n) is 7.54. The Balaban J connectivity index is 1.23. The standard InChI is InChI=1S/C19H24N8OS/c1-14-10-17(27-19(22-14)20-13-21-27)25-6-3-24(4-7-25)5-8-26-18(28)11-15-12-29-9-2-16(15)23-26/h10-11,13H,2-9,12H2,1H3. The minimum atomic E-state index is 0.0192. The molecule has 3 aromatic heterocycles. The molecule has 0 amide bonds. The second kappa shape index (κ2) is 7.75. The number of aromatic nitrogens is 6. The highest BCUT2D eigenvalue weighted by Crippen LogP contribution is 2.21. The van der Waals surface area contributed by atoms with E-state index in [0.29, 0.717) is 12.3 Å². The van der Waals surface area contributed by atoms with Crippen molar-refractivity contribution in [1.29, 1.82) is 0 Å². The van der Waals surface area contributed by atoms with Gasteiger partial charge in [0.05, 0.1) is 12.2 Å². The van der Waals surface area contributed by atoms with Gasteiger partial charge in [-0.15, -0.1) is 0 Å². The Hall–Kier alpha value is -2.46. The molecule has 0 spiro atoms. The number of hydrogen-bond acceptors (Lipinski definition) is 8. The summed E-state index contributed by atoms with van der Waals surface area (Å²) in [6.45, 7) is 7.14. The van der Waals surface area contributed by atoms with E-state index in [1.54, 1.807) is 21.6 Å². The van der Waals surface area contributed by atoms with Crippen LogP contribution >= 0.6 is 11.8 Å². The van der Waals surface area contributed by atoms with Gasteiger partial charge in [0.15, 0.2) is 0 Å². The van der Waals surface area contributed by atoms with E-state index >= 15 is 0 Å². The summed E-state index contributed by atoms with van der Waals surface area (Å²) in [5.41, 5.74) is 3.17. The van der Waals surface area contributed by atoms with Crippen LogP contribution in [0.5, 0.6) is 0 Å². The van der Waals surface area contributed by atoms with Gasteiger partial charge in [-0.25, -0.2) is 9.67 Å². The average molecular weight is 413 g/mol. The number of anilines is 1. The summed E-state index contributed by atoms with van der Waals surface area (Å²) in [6.07, 6.45) is 2.50. The quantitative estimate of drug-likeness (QED) is 0.616. The van der Waals surface area contributed by atoms with Crippen LogP contribution in [0.3, 0.4) is 0 Å². The van der Waals surface area contributed by atoms with Crippen LogP contribution in [0.25, 0.3) is 5.78 Å². The number of hydrogen-bond donors (Lipinski definition) is 0. The zero-order chi connectivity index (χ0) is 19.8. The van der Waals surface area contributed by atoms with Gasteiger partial charge in [-0.2, -0.15) is 31.5 Å². The van der Waals surface area contributed by atoms with Crippen molar-refractivity contribution < 1.29 is 0 Å². The van der Waals surface area contributed by atoms with E-state index in [4.69, 9.17) is 0 Å². The van der Waals surface area contributed by atoms with Gasteiger partial charge in [-0.3, -0.25) is 9.69 Å².